The van der Waals surface area contributed by atoms with Gasteiger partial charge in [-0.15, -0.1) is 0 Å². The Kier molecular flexibility index (Phi) is 5.29. The first-order chi connectivity index (χ1) is 8.31. The van der Waals surface area contributed by atoms with E-state index in [9.17, 15) is 0 Å². The fourth-order valence-electron chi connectivity index (χ4n) is 1.21. The summed E-state index contributed by atoms with van der Waals surface area (Å²) in [5.74, 6) is 7.26. The van der Waals surface area contributed by atoms with E-state index in [1.54, 1.807) is 20.3 Å². The van der Waals surface area contributed by atoms with Gasteiger partial charge in [-0.3, -0.25) is 0 Å². The summed E-state index contributed by atoms with van der Waals surface area (Å²) in [6, 6.07) is 5.43. The average molecular weight is 231 g/mol. The molecule has 1 aromatic carbocycles. The molecular formula is C12H13N3O2. The maximum Gasteiger partial charge on any atom is 0.138 e. The van der Waals surface area contributed by atoms with Crippen molar-refractivity contribution in [2.45, 2.75) is 6.42 Å². The number of rotatable bonds is 4. The molecule has 0 aliphatic carbocycles. The third-order valence-corrected chi connectivity index (χ3v) is 2.03. The van der Waals surface area contributed by atoms with E-state index < -0.39 is 0 Å². The molecule has 0 unspecified atom stereocenters. The van der Waals surface area contributed by atoms with Crippen LogP contribution in [0.3, 0.4) is 0 Å². The summed E-state index contributed by atoms with van der Waals surface area (Å²) in [5.41, 5.74) is 8.89. The molecule has 0 saturated heterocycles. The van der Waals surface area contributed by atoms with E-state index in [0.717, 1.165) is 11.3 Å². The maximum atomic E-state index is 8.10. The van der Waals surface area contributed by atoms with Crippen molar-refractivity contribution in [1.29, 1.82) is 0 Å². The third-order valence-electron chi connectivity index (χ3n) is 2.03. The Morgan fingerprint density at radius 1 is 1.35 bits per heavy atom. The molecule has 0 bridgehead atoms. The minimum atomic E-state index is 0.377. The summed E-state index contributed by atoms with van der Waals surface area (Å²) in [4.78, 5) is 2.65. The zero-order valence-corrected chi connectivity index (χ0v) is 9.80. The smallest absolute Gasteiger partial charge is 0.138 e. The van der Waals surface area contributed by atoms with E-state index >= 15 is 0 Å². The highest BCUT2D eigenvalue weighted by molar-refractivity contribution is 5.49. The van der Waals surface area contributed by atoms with Crippen molar-refractivity contribution in [3.8, 4) is 23.3 Å². The quantitative estimate of drug-likeness (QED) is 0.263. The van der Waals surface area contributed by atoms with Crippen LogP contribution in [0.15, 0.2) is 23.3 Å². The summed E-state index contributed by atoms with van der Waals surface area (Å²) in [6.45, 7) is 0.377. The van der Waals surface area contributed by atoms with Crippen LogP contribution >= 0.6 is 0 Å². The van der Waals surface area contributed by atoms with Gasteiger partial charge in [0.15, 0.2) is 0 Å². The van der Waals surface area contributed by atoms with Crippen LogP contribution in [0.2, 0.25) is 0 Å². The molecule has 0 amide bonds. The molecule has 0 aliphatic rings. The van der Waals surface area contributed by atoms with Gasteiger partial charge in [0.05, 0.1) is 19.8 Å². The Morgan fingerprint density at radius 3 is 2.82 bits per heavy atom. The molecule has 88 valence electrons. The maximum absolute atomic E-state index is 8.10. The summed E-state index contributed by atoms with van der Waals surface area (Å²) in [6.07, 6.45) is 0.527. The first-order valence-electron chi connectivity index (χ1n) is 5.03. The highest BCUT2D eigenvalue weighted by Gasteiger charge is 2.01. The monoisotopic (exact) mass is 231 g/mol. The number of hydrogen-bond donors (Lipinski definition) is 0. The molecule has 0 saturated carbocycles. The Hall–Kier alpha value is -2.31. The lowest BCUT2D eigenvalue weighted by atomic mass is 10.2. The van der Waals surface area contributed by atoms with Crippen molar-refractivity contribution in [2.75, 3.05) is 20.8 Å². The molecule has 1 aromatic rings. The molecule has 1 rings (SSSR count). The second kappa shape index (κ2) is 7.04. The van der Waals surface area contributed by atoms with E-state index in [2.05, 4.69) is 21.9 Å². The minimum absolute atomic E-state index is 0.377. The van der Waals surface area contributed by atoms with Gasteiger partial charge in [-0.05, 0) is 17.7 Å². The summed E-state index contributed by atoms with van der Waals surface area (Å²) in [5, 5.41) is 3.40. The predicted octanol–water partition coefficient (Wildman–Crippen LogP) is 2.76. The Labute approximate surface area is 100.0 Å². The molecule has 0 fully saturated rings. The Morgan fingerprint density at radius 2 is 2.18 bits per heavy atom. The second-order valence-corrected chi connectivity index (χ2v) is 3.07. The van der Waals surface area contributed by atoms with Crippen LogP contribution in [-0.2, 0) is 0 Å². The minimum Gasteiger partial charge on any atom is -0.497 e. The number of benzene rings is 1. The van der Waals surface area contributed by atoms with E-state index in [1.807, 2.05) is 12.1 Å². The summed E-state index contributed by atoms with van der Waals surface area (Å²) in [7, 11) is 3.18. The van der Waals surface area contributed by atoms with Gasteiger partial charge in [0.1, 0.15) is 11.5 Å². The van der Waals surface area contributed by atoms with Gasteiger partial charge in [0, 0.05) is 23.9 Å². The normalized spacial score (nSPS) is 8.59. The van der Waals surface area contributed by atoms with Gasteiger partial charge >= 0.3 is 0 Å². The molecule has 0 aliphatic heterocycles. The number of nitrogens with zero attached hydrogens (tertiary/aromatic N) is 3. The van der Waals surface area contributed by atoms with Gasteiger partial charge in [0.25, 0.3) is 0 Å². The lowest BCUT2D eigenvalue weighted by Gasteiger charge is -2.05. The van der Waals surface area contributed by atoms with E-state index in [1.165, 1.54) is 0 Å². The van der Waals surface area contributed by atoms with Crippen molar-refractivity contribution in [1.82, 2.24) is 0 Å². The van der Waals surface area contributed by atoms with Crippen molar-refractivity contribution in [2.24, 2.45) is 5.11 Å². The largest absolute Gasteiger partial charge is 0.497 e. The SMILES string of the molecule is COc1ccc(C#CCCN=[N+]=[N-])c(OC)c1. The van der Waals surface area contributed by atoms with Gasteiger partial charge in [0.2, 0.25) is 0 Å². The molecule has 5 heteroatoms. The van der Waals surface area contributed by atoms with Crippen LogP contribution in [0.1, 0.15) is 12.0 Å². The fourth-order valence-corrected chi connectivity index (χ4v) is 1.21. The number of azide groups is 1. The standard InChI is InChI=1S/C12H13N3O2/c1-16-11-7-6-10(12(9-11)17-2)5-3-4-8-14-15-13/h6-7,9H,4,8H2,1-2H3. The Balaban J connectivity index is 2.79. The molecule has 0 spiro atoms. The van der Waals surface area contributed by atoms with Gasteiger partial charge in [-0.25, -0.2) is 0 Å². The molecule has 0 heterocycles. The molecular weight excluding hydrogens is 218 g/mol. The molecule has 0 atom stereocenters. The number of ether oxygens (including phenoxy) is 2. The van der Waals surface area contributed by atoms with Crippen LogP contribution in [0, 0.1) is 11.8 Å². The highest BCUT2D eigenvalue weighted by Crippen LogP contribution is 2.23. The lowest BCUT2D eigenvalue weighted by Crippen LogP contribution is -1.90. The van der Waals surface area contributed by atoms with Gasteiger partial charge in [-0.1, -0.05) is 17.0 Å². The lowest BCUT2D eigenvalue weighted by molar-refractivity contribution is 0.393. The van der Waals surface area contributed by atoms with Crippen LogP contribution in [0.5, 0.6) is 11.5 Å². The summed E-state index contributed by atoms with van der Waals surface area (Å²) < 4.78 is 10.3. The average Bonchev–Trinajstić information content (AvgIpc) is 2.38. The predicted molar refractivity (Wildman–Crippen MR) is 65.1 cm³/mol. The van der Waals surface area contributed by atoms with E-state index in [4.69, 9.17) is 15.0 Å². The number of methoxy groups -OCH3 is 2. The molecule has 0 radical (unpaired) electrons. The summed E-state index contributed by atoms with van der Waals surface area (Å²) >= 11 is 0. The zero-order valence-electron chi connectivity index (χ0n) is 9.80. The zero-order chi connectivity index (χ0) is 12.5. The van der Waals surface area contributed by atoms with Crippen molar-refractivity contribution < 1.29 is 9.47 Å². The highest BCUT2D eigenvalue weighted by atomic mass is 16.5. The van der Waals surface area contributed by atoms with Crippen molar-refractivity contribution >= 4 is 0 Å². The van der Waals surface area contributed by atoms with Crippen molar-refractivity contribution in [3.05, 3.63) is 34.2 Å². The van der Waals surface area contributed by atoms with E-state index in [0.29, 0.717) is 18.7 Å². The molecule has 5 nitrogen and oxygen atoms in total. The van der Waals surface area contributed by atoms with E-state index in [-0.39, 0.29) is 0 Å². The van der Waals surface area contributed by atoms with Gasteiger partial charge < -0.3 is 9.47 Å². The van der Waals surface area contributed by atoms with Crippen LogP contribution in [0.4, 0.5) is 0 Å². The second-order valence-electron chi connectivity index (χ2n) is 3.07. The molecule has 0 N–H and O–H groups in total. The Bertz CT molecular complexity index is 482. The molecule has 0 aromatic heterocycles. The van der Waals surface area contributed by atoms with Crippen LogP contribution in [0.25, 0.3) is 10.4 Å². The topological polar surface area (TPSA) is 67.2 Å². The molecule has 17 heavy (non-hydrogen) atoms. The van der Waals surface area contributed by atoms with Crippen LogP contribution in [-0.4, -0.2) is 20.8 Å². The first-order valence-corrected chi connectivity index (χ1v) is 5.03. The van der Waals surface area contributed by atoms with Crippen molar-refractivity contribution in [3.63, 3.8) is 0 Å². The fraction of sp³-hybridized carbons (Fsp3) is 0.333. The first kappa shape index (κ1) is 12.8. The number of hydrogen-bond acceptors (Lipinski definition) is 3. The van der Waals surface area contributed by atoms with Crippen LogP contribution < -0.4 is 9.47 Å². The third kappa shape index (κ3) is 3.98. The van der Waals surface area contributed by atoms with Gasteiger partial charge in [-0.2, -0.15) is 0 Å².